The number of hydrogen-bond acceptors (Lipinski definition) is 3. The number of nitrogens with zero attached hydrogens (tertiary/aromatic N) is 2. The highest BCUT2D eigenvalue weighted by Crippen LogP contribution is 2.17. The topological polar surface area (TPSA) is 66.0 Å². The van der Waals surface area contributed by atoms with Crippen molar-refractivity contribution >= 4 is 36.0 Å². The van der Waals surface area contributed by atoms with Gasteiger partial charge in [-0.1, -0.05) is 12.8 Å². The highest BCUT2D eigenvalue weighted by Gasteiger charge is 2.23. The molecule has 1 aliphatic rings. The molecule has 0 unspecified atom stereocenters. The maximum atomic E-state index is 12.3. The number of guanidine groups is 1. The zero-order valence-electron chi connectivity index (χ0n) is 16.7. The lowest BCUT2D eigenvalue weighted by Gasteiger charge is -2.30. The number of ether oxygens (including phenoxy) is 1. The Kier molecular flexibility index (Phi) is 11.5. The van der Waals surface area contributed by atoms with E-state index in [2.05, 4.69) is 15.6 Å². The molecule has 0 heterocycles. The minimum atomic E-state index is -0.463. The smallest absolute Gasteiger partial charge is 0.410 e. The standard InChI is InChI=1S/C18H36N4O2.HI/c1-14(2)22(17(23)24-18(3,4)5)13-9-12-20-16(19-6)21-15-10-7-8-11-15;/h14-15H,7-13H2,1-6H3,(H2,19,20,21);1H. The fraction of sp³-hybridized carbons (Fsp3) is 0.889. The first-order chi connectivity index (χ1) is 11.2. The molecule has 0 aromatic carbocycles. The van der Waals surface area contributed by atoms with Crippen LogP contribution in [0.4, 0.5) is 4.79 Å². The van der Waals surface area contributed by atoms with Crippen LogP contribution in [-0.4, -0.2) is 54.8 Å². The summed E-state index contributed by atoms with van der Waals surface area (Å²) in [7, 11) is 1.80. The monoisotopic (exact) mass is 468 g/mol. The van der Waals surface area contributed by atoms with Gasteiger partial charge in [0.1, 0.15) is 5.60 Å². The number of rotatable bonds is 6. The van der Waals surface area contributed by atoms with E-state index in [1.54, 1.807) is 11.9 Å². The van der Waals surface area contributed by atoms with Crippen LogP contribution < -0.4 is 10.6 Å². The molecule has 0 saturated heterocycles. The second-order valence-electron chi connectivity index (χ2n) is 7.75. The summed E-state index contributed by atoms with van der Waals surface area (Å²) in [5.74, 6) is 0.857. The van der Waals surface area contributed by atoms with Gasteiger partial charge in [0.2, 0.25) is 0 Å². The molecule has 1 fully saturated rings. The van der Waals surface area contributed by atoms with Crippen LogP contribution in [0.5, 0.6) is 0 Å². The molecule has 0 spiro atoms. The lowest BCUT2D eigenvalue weighted by atomic mass is 10.2. The molecule has 1 saturated carbocycles. The zero-order valence-corrected chi connectivity index (χ0v) is 19.1. The molecule has 148 valence electrons. The Morgan fingerprint density at radius 2 is 1.88 bits per heavy atom. The summed E-state index contributed by atoms with van der Waals surface area (Å²) in [5.41, 5.74) is -0.463. The Balaban J connectivity index is 0.00000576. The van der Waals surface area contributed by atoms with E-state index in [4.69, 9.17) is 4.74 Å². The summed E-state index contributed by atoms with van der Waals surface area (Å²) in [4.78, 5) is 18.3. The first-order valence-corrected chi connectivity index (χ1v) is 9.19. The third-order valence-electron chi connectivity index (χ3n) is 4.04. The van der Waals surface area contributed by atoms with Crippen LogP contribution in [0.2, 0.25) is 0 Å². The van der Waals surface area contributed by atoms with Crippen molar-refractivity contribution in [2.75, 3.05) is 20.1 Å². The lowest BCUT2D eigenvalue weighted by Crippen LogP contribution is -2.44. The van der Waals surface area contributed by atoms with Crippen LogP contribution in [0.25, 0.3) is 0 Å². The van der Waals surface area contributed by atoms with Gasteiger partial charge in [0.15, 0.2) is 5.96 Å². The normalized spacial score (nSPS) is 15.7. The van der Waals surface area contributed by atoms with E-state index in [1.807, 2.05) is 34.6 Å². The summed E-state index contributed by atoms with van der Waals surface area (Å²) in [6.45, 7) is 11.1. The van der Waals surface area contributed by atoms with Crippen molar-refractivity contribution in [2.24, 2.45) is 4.99 Å². The van der Waals surface area contributed by atoms with E-state index < -0.39 is 5.60 Å². The van der Waals surface area contributed by atoms with Crippen molar-refractivity contribution in [3.05, 3.63) is 0 Å². The van der Waals surface area contributed by atoms with Crippen LogP contribution >= 0.6 is 24.0 Å². The van der Waals surface area contributed by atoms with Gasteiger partial charge >= 0.3 is 6.09 Å². The maximum Gasteiger partial charge on any atom is 0.410 e. The first-order valence-electron chi connectivity index (χ1n) is 9.19. The Morgan fingerprint density at radius 3 is 2.36 bits per heavy atom. The molecular weight excluding hydrogens is 431 g/mol. The van der Waals surface area contributed by atoms with Crippen LogP contribution in [0, 0.1) is 0 Å². The zero-order chi connectivity index (χ0) is 18.2. The highest BCUT2D eigenvalue weighted by atomic mass is 127. The van der Waals surface area contributed by atoms with Gasteiger partial charge in [-0.15, -0.1) is 24.0 Å². The Morgan fingerprint density at radius 1 is 1.28 bits per heavy atom. The highest BCUT2D eigenvalue weighted by molar-refractivity contribution is 14.0. The number of hydrogen-bond donors (Lipinski definition) is 2. The van der Waals surface area contributed by atoms with E-state index in [-0.39, 0.29) is 36.1 Å². The SMILES string of the molecule is CN=C(NCCCN(C(=O)OC(C)(C)C)C(C)C)NC1CCCC1.I. The number of nitrogens with one attached hydrogen (secondary N) is 2. The predicted octanol–water partition coefficient (Wildman–Crippen LogP) is 3.75. The molecule has 1 amide bonds. The Bertz CT molecular complexity index is 416. The van der Waals surface area contributed by atoms with Gasteiger partial charge in [-0.25, -0.2) is 4.79 Å². The van der Waals surface area contributed by atoms with Crippen molar-refractivity contribution in [3.63, 3.8) is 0 Å². The van der Waals surface area contributed by atoms with E-state index in [9.17, 15) is 4.79 Å². The predicted molar refractivity (Wildman–Crippen MR) is 115 cm³/mol. The largest absolute Gasteiger partial charge is 0.444 e. The minimum absolute atomic E-state index is 0. The van der Waals surface area contributed by atoms with Gasteiger partial charge in [0.05, 0.1) is 0 Å². The fourth-order valence-corrected chi connectivity index (χ4v) is 2.80. The summed E-state index contributed by atoms with van der Waals surface area (Å²) < 4.78 is 5.48. The van der Waals surface area contributed by atoms with Gasteiger partial charge in [-0.2, -0.15) is 0 Å². The van der Waals surface area contributed by atoms with Gasteiger partial charge < -0.3 is 20.3 Å². The van der Waals surface area contributed by atoms with Gasteiger partial charge in [0.25, 0.3) is 0 Å². The summed E-state index contributed by atoms with van der Waals surface area (Å²) in [6, 6.07) is 0.668. The fourth-order valence-electron chi connectivity index (χ4n) is 2.80. The molecule has 0 atom stereocenters. The van der Waals surface area contributed by atoms with Gasteiger partial charge in [-0.05, 0) is 53.9 Å². The lowest BCUT2D eigenvalue weighted by molar-refractivity contribution is 0.0190. The average Bonchev–Trinajstić information content (AvgIpc) is 2.96. The van der Waals surface area contributed by atoms with Crippen LogP contribution in [0.15, 0.2) is 4.99 Å². The van der Waals surface area contributed by atoms with E-state index in [0.29, 0.717) is 12.6 Å². The van der Waals surface area contributed by atoms with E-state index in [1.165, 1.54) is 25.7 Å². The Hall–Kier alpha value is -0.730. The average molecular weight is 468 g/mol. The molecule has 1 aliphatic carbocycles. The number of carbonyl (C=O) groups excluding carboxylic acids is 1. The first kappa shape index (κ1) is 24.3. The number of aliphatic imine (C=N–C) groups is 1. The van der Waals surface area contributed by atoms with Gasteiger partial charge in [0, 0.05) is 32.2 Å². The van der Waals surface area contributed by atoms with Crippen molar-refractivity contribution in [1.29, 1.82) is 0 Å². The van der Waals surface area contributed by atoms with Crippen LogP contribution in [0.1, 0.15) is 66.7 Å². The maximum absolute atomic E-state index is 12.3. The van der Waals surface area contributed by atoms with E-state index >= 15 is 0 Å². The summed E-state index contributed by atoms with van der Waals surface area (Å²) in [5, 5.41) is 6.80. The van der Waals surface area contributed by atoms with Crippen LogP contribution in [-0.2, 0) is 4.74 Å². The number of carbonyl (C=O) groups is 1. The molecule has 6 nitrogen and oxygen atoms in total. The van der Waals surface area contributed by atoms with Gasteiger partial charge in [-0.3, -0.25) is 4.99 Å². The van der Waals surface area contributed by atoms with Crippen LogP contribution in [0.3, 0.4) is 0 Å². The molecule has 0 radical (unpaired) electrons. The second-order valence-corrected chi connectivity index (χ2v) is 7.75. The molecule has 0 aromatic heterocycles. The molecule has 0 aromatic rings. The van der Waals surface area contributed by atoms with Crippen molar-refractivity contribution < 1.29 is 9.53 Å². The van der Waals surface area contributed by atoms with E-state index in [0.717, 1.165) is 18.9 Å². The quantitative estimate of drug-likeness (QED) is 0.270. The molecule has 2 N–H and O–H groups in total. The molecule has 1 rings (SSSR count). The van der Waals surface area contributed by atoms with Crippen molar-refractivity contribution in [2.45, 2.75) is 84.4 Å². The Labute approximate surface area is 170 Å². The third-order valence-corrected chi connectivity index (χ3v) is 4.04. The summed E-state index contributed by atoms with van der Waals surface area (Å²) in [6.07, 6.45) is 5.65. The molecular formula is C18H37IN4O2. The number of amides is 1. The number of halogens is 1. The molecule has 0 aliphatic heterocycles. The molecule has 25 heavy (non-hydrogen) atoms. The molecule has 0 bridgehead atoms. The molecule has 7 heteroatoms. The minimum Gasteiger partial charge on any atom is -0.444 e. The third kappa shape index (κ3) is 10.1. The summed E-state index contributed by atoms with van der Waals surface area (Å²) >= 11 is 0. The second kappa shape index (κ2) is 11.8. The van der Waals surface area contributed by atoms with Crippen molar-refractivity contribution in [1.82, 2.24) is 15.5 Å². The van der Waals surface area contributed by atoms with Crippen molar-refractivity contribution in [3.8, 4) is 0 Å².